The zero-order chi connectivity index (χ0) is 10.6. The first-order valence-corrected chi connectivity index (χ1v) is 4.08. The molecule has 1 N–H and O–H groups in total. The number of Topliss-reactive ketones (excluding diaryl/α,β-unsaturated/α-hetero) is 1. The lowest BCUT2D eigenvalue weighted by molar-refractivity contribution is -0.497. The van der Waals surface area contributed by atoms with Crippen LogP contribution in [0.4, 0.5) is 5.69 Å². The van der Waals surface area contributed by atoms with E-state index in [1.165, 1.54) is 14.0 Å². The zero-order valence-electron chi connectivity index (χ0n) is 8.02. The summed E-state index contributed by atoms with van der Waals surface area (Å²) in [6, 6.07) is 6.87. The zero-order valence-corrected chi connectivity index (χ0v) is 8.02. The van der Waals surface area contributed by atoms with Crippen LogP contribution in [-0.2, 0) is 0 Å². The average Bonchev–Trinajstić information content (AvgIpc) is 2.15. The van der Waals surface area contributed by atoms with Crippen LogP contribution in [0, 0.1) is 5.21 Å². The van der Waals surface area contributed by atoms with Crippen molar-refractivity contribution in [3.05, 3.63) is 35.0 Å². The van der Waals surface area contributed by atoms with Crippen LogP contribution in [-0.4, -0.2) is 17.7 Å². The number of hydroxylamine groups is 1. The molecule has 0 bridgehead atoms. The van der Waals surface area contributed by atoms with Gasteiger partial charge in [0.25, 0.3) is 0 Å². The summed E-state index contributed by atoms with van der Waals surface area (Å²) in [6.45, 7) is 1.46. The number of carbonyl (C=O) groups excluding carboxylic acids is 1. The van der Waals surface area contributed by atoms with Gasteiger partial charge in [0, 0.05) is 0 Å². The predicted octanol–water partition coefficient (Wildman–Crippen LogP) is 1.81. The van der Waals surface area contributed by atoms with Gasteiger partial charge in [0.1, 0.15) is 7.05 Å². The molecule has 0 amide bonds. The molecule has 0 atom stereocenters. The largest absolute Gasteiger partial charge is 0.696 e. The van der Waals surface area contributed by atoms with Gasteiger partial charge in [-0.3, -0.25) is 4.79 Å². The van der Waals surface area contributed by atoms with Crippen molar-refractivity contribution in [3.8, 4) is 0 Å². The number of hydrogen-bond donors (Lipinski definition) is 1. The van der Waals surface area contributed by atoms with Crippen molar-refractivity contribution in [2.24, 2.45) is 5.22 Å². The van der Waals surface area contributed by atoms with Crippen LogP contribution in [0.5, 0.6) is 0 Å². The third-order valence-corrected chi connectivity index (χ3v) is 1.62. The smallest absolute Gasteiger partial charge is 0.164 e. The van der Waals surface area contributed by atoms with E-state index in [0.29, 0.717) is 16.1 Å². The van der Waals surface area contributed by atoms with Crippen LogP contribution in [0.25, 0.3) is 0 Å². The average molecular weight is 193 g/mol. The molecule has 0 saturated carbocycles. The number of para-hydroxylation sites is 1. The number of nitrogens with one attached hydrogen (secondary N) is 1. The second kappa shape index (κ2) is 4.36. The molecule has 0 radical (unpaired) electrons. The first-order valence-electron chi connectivity index (χ1n) is 4.08. The van der Waals surface area contributed by atoms with E-state index in [9.17, 15) is 10.0 Å². The van der Waals surface area contributed by atoms with Crippen molar-refractivity contribution in [2.45, 2.75) is 6.92 Å². The molecule has 0 heterocycles. The Hall–Kier alpha value is -1.91. The molecule has 0 fully saturated rings. The van der Waals surface area contributed by atoms with Gasteiger partial charge in [0.2, 0.25) is 0 Å². The van der Waals surface area contributed by atoms with Crippen molar-refractivity contribution in [1.29, 1.82) is 0 Å². The van der Waals surface area contributed by atoms with Gasteiger partial charge in [-0.05, 0) is 19.1 Å². The van der Waals surface area contributed by atoms with E-state index in [1.54, 1.807) is 24.3 Å². The monoisotopic (exact) mass is 193 g/mol. The van der Waals surface area contributed by atoms with Gasteiger partial charge >= 0.3 is 0 Å². The molecule has 5 heteroatoms. The summed E-state index contributed by atoms with van der Waals surface area (Å²) in [4.78, 5) is 11.5. The lowest BCUT2D eigenvalue weighted by Gasteiger charge is -2.01. The number of hydrogen-bond acceptors (Lipinski definition) is 3. The highest BCUT2D eigenvalue weighted by atomic mass is 16.5. The second-order valence-electron chi connectivity index (χ2n) is 2.78. The van der Waals surface area contributed by atoms with Crippen molar-refractivity contribution in [1.82, 2.24) is 0 Å². The third-order valence-electron chi connectivity index (χ3n) is 1.62. The van der Waals surface area contributed by atoms with Crippen molar-refractivity contribution >= 4 is 11.5 Å². The summed E-state index contributed by atoms with van der Waals surface area (Å²) >= 11 is 0. The van der Waals surface area contributed by atoms with Crippen LogP contribution in [0.3, 0.4) is 0 Å². The molecular formula is C9H11N3O2. The summed E-state index contributed by atoms with van der Waals surface area (Å²) in [5.74, 6) is -0.0724. The van der Waals surface area contributed by atoms with Crippen LogP contribution >= 0.6 is 0 Å². The normalized spacial score (nSPS) is 11.1. The van der Waals surface area contributed by atoms with Gasteiger partial charge in [-0.2, -0.15) is 4.86 Å². The van der Waals surface area contributed by atoms with Gasteiger partial charge in [0.15, 0.2) is 11.5 Å². The Kier molecular flexibility index (Phi) is 3.17. The molecule has 0 aromatic heterocycles. The van der Waals surface area contributed by atoms with Crippen LogP contribution < -0.4 is 5.43 Å². The molecule has 1 rings (SSSR count). The summed E-state index contributed by atoms with van der Waals surface area (Å²) in [6.07, 6.45) is 0. The fraction of sp³-hybridized carbons (Fsp3) is 0.222. The molecule has 0 aliphatic rings. The van der Waals surface area contributed by atoms with Gasteiger partial charge in [-0.25, -0.2) is 0 Å². The first kappa shape index (κ1) is 10.2. The third kappa shape index (κ3) is 2.55. The Labute approximate surface area is 81.6 Å². The van der Waals surface area contributed by atoms with Gasteiger partial charge in [0.05, 0.1) is 10.8 Å². The maximum Gasteiger partial charge on any atom is 0.164 e. The lowest BCUT2D eigenvalue weighted by atomic mass is 10.1. The molecule has 74 valence electrons. The fourth-order valence-electron chi connectivity index (χ4n) is 1.01. The minimum absolute atomic E-state index is 0.0724. The second-order valence-corrected chi connectivity index (χ2v) is 2.78. The van der Waals surface area contributed by atoms with E-state index in [2.05, 4.69) is 10.6 Å². The topological polar surface area (TPSA) is 67.5 Å². The summed E-state index contributed by atoms with van der Waals surface area (Å²) < 4.78 is 0. The molecule has 0 saturated heterocycles. The van der Waals surface area contributed by atoms with Gasteiger partial charge < -0.3 is 5.21 Å². The van der Waals surface area contributed by atoms with E-state index in [1.807, 2.05) is 0 Å². The molecule has 0 spiro atoms. The summed E-state index contributed by atoms with van der Waals surface area (Å²) in [5, 5.41) is 13.9. The quantitative estimate of drug-likeness (QED) is 0.344. The standard InChI is InChI=1S/C9H11N3O2/c1-7(13)8-5-3-4-6-9(8)10-11-12(2)14/h3-6,10H,1-2H3/b12-11+. The molecule has 5 nitrogen and oxygen atoms in total. The Bertz CT molecular complexity index is 370. The van der Waals surface area contributed by atoms with Crippen LogP contribution in [0.15, 0.2) is 29.5 Å². The lowest BCUT2D eigenvalue weighted by Crippen LogP contribution is -2.02. The Morgan fingerprint density at radius 3 is 2.71 bits per heavy atom. The van der Waals surface area contributed by atoms with E-state index < -0.39 is 0 Å². The predicted molar refractivity (Wildman–Crippen MR) is 52.0 cm³/mol. The van der Waals surface area contributed by atoms with E-state index in [0.717, 1.165) is 0 Å². The van der Waals surface area contributed by atoms with Crippen LogP contribution in [0.2, 0.25) is 0 Å². The van der Waals surface area contributed by atoms with Gasteiger partial charge in [-0.15, -0.1) is 5.43 Å². The number of carbonyl (C=O) groups is 1. The summed E-state index contributed by atoms with van der Waals surface area (Å²) in [7, 11) is 1.25. The molecule has 0 unspecified atom stereocenters. The number of benzene rings is 1. The van der Waals surface area contributed by atoms with Crippen LogP contribution in [0.1, 0.15) is 17.3 Å². The highest BCUT2D eigenvalue weighted by molar-refractivity contribution is 5.99. The SMILES string of the molecule is CC(=O)c1ccccc1N/N=[N+](\C)[O-]. The fourth-order valence-corrected chi connectivity index (χ4v) is 1.01. The van der Waals surface area contributed by atoms with E-state index in [-0.39, 0.29) is 5.78 Å². The van der Waals surface area contributed by atoms with Gasteiger partial charge in [-0.1, -0.05) is 12.1 Å². The van der Waals surface area contributed by atoms with Crippen molar-refractivity contribution in [3.63, 3.8) is 0 Å². The Morgan fingerprint density at radius 2 is 2.14 bits per heavy atom. The highest BCUT2D eigenvalue weighted by Gasteiger charge is 2.08. The highest BCUT2D eigenvalue weighted by Crippen LogP contribution is 2.15. The minimum atomic E-state index is -0.0724. The molecule has 1 aromatic rings. The molecular weight excluding hydrogens is 182 g/mol. The number of anilines is 1. The molecule has 14 heavy (non-hydrogen) atoms. The maximum atomic E-state index is 11.1. The van der Waals surface area contributed by atoms with E-state index >= 15 is 0 Å². The molecule has 0 aliphatic heterocycles. The van der Waals surface area contributed by atoms with Crippen molar-refractivity contribution in [2.75, 3.05) is 12.5 Å². The Balaban J connectivity index is 2.96. The first-order chi connectivity index (χ1) is 6.61. The molecule has 0 aliphatic carbocycles. The number of nitrogens with zero attached hydrogens (tertiary/aromatic N) is 2. The summed E-state index contributed by atoms with van der Waals surface area (Å²) in [5.41, 5.74) is 3.55. The molecule has 1 aromatic carbocycles. The maximum absolute atomic E-state index is 11.1. The van der Waals surface area contributed by atoms with E-state index in [4.69, 9.17) is 0 Å². The van der Waals surface area contributed by atoms with Crippen molar-refractivity contribution < 1.29 is 9.66 Å². The number of ketones is 1. The minimum Gasteiger partial charge on any atom is -0.696 e. The number of rotatable bonds is 3. The Morgan fingerprint density at radius 1 is 1.50 bits per heavy atom.